The molecule has 174 valence electrons. The van der Waals surface area contributed by atoms with Gasteiger partial charge in [-0.3, -0.25) is 25.2 Å². The zero-order valence-corrected chi connectivity index (χ0v) is 20.2. The number of nitrogens with zero attached hydrogens (tertiary/aromatic N) is 1. The third kappa shape index (κ3) is 7.03. The maximum atomic E-state index is 12.3. The summed E-state index contributed by atoms with van der Waals surface area (Å²) in [7, 11) is -2.43. The molecule has 0 aliphatic carbocycles. The average molecular weight is 461 g/mol. The second-order valence-corrected chi connectivity index (χ2v) is 13.5. The Bertz CT molecular complexity index is 937. The second-order valence-electron chi connectivity index (χ2n) is 9.03. The Morgan fingerprint density at radius 3 is 2.44 bits per heavy atom. The Balaban J connectivity index is 1.73. The third-order valence-electron chi connectivity index (χ3n) is 5.68. The van der Waals surface area contributed by atoms with Gasteiger partial charge >= 0.3 is 0 Å². The highest BCUT2D eigenvalue weighted by atomic mass is 28.4. The average Bonchev–Trinajstić information content (AvgIpc) is 3.22. The fourth-order valence-electron chi connectivity index (χ4n) is 2.93. The summed E-state index contributed by atoms with van der Waals surface area (Å²) in [5.41, 5.74) is 5.67. The molecule has 0 saturated heterocycles. The summed E-state index contributed by atoms with van der Waals surface area (Å²) in [6, 6.07) is 10.8. The highest BCUT2D eigenvalue weighted by Crippen LogP contribution is 2.41. The molecule has 3 amide bonds. The van der Waals surface area contributed by atoms with Crippen LogP contribution in [0.25, 0.3) is 11.3 Å². The van der Waals surface area contributed by atoms with Crippen LogP contribution in [-0.2, 0) is 9.59 Å². The second kappa shape index (κ2) is 10.6. The third-order valence-corrected chi connectivity index (χ3v) is 9.20. The van der Waals surface area contributed by atoms with Crippen molar-refractivity contribution in [3.05, 3.63) is 42.1 Å². The van der Waals surface area contributed by atoms with E-state index in [2.05, 4.69) is 21.3 Å². The molecule has 2 rings (SSSR count). The highest BCUT2D eigenvalue weighted by molar-refractivity contribution is 6.72. The molecule has 2 aromatic rings. The van der Waals surface area contributed by atoms with Crippen LogP contribution in [0.4, 0.5) is 0 Å². The maximum absolute atomic E-state index is 12.3. The van der Waals surface area contributed by atoms with Crippen molar-refractivity contribution < 1.29 is 23.7 Å². The number of rotatable bonds is 9. The molecule has 9 nitrogen and oxygen atoms in total. The molecule has 0 spiro atoms. The normalized spacial score (nSPS) is 12.7. The number of hydrogen-bond acceptors (Lipinski definition) is 6. The Hall–Kier alpha value is -2.98. The van der Waals surface area contributed by atoms with E-state index in [1.165, 1.54) is 6.07 Å². The van der Waals surface area contributed by atoms with Gasteiger partial charge in [-0.1, -0.05) is 56.3 Å². The molecule has 4 N–H and O–H groups in total. The van der Waals surface area contributed by atoms with Crippen molar-refractivity contribution in [1.82, 2.24) is 21.3 Å². The minimum Gasteiger partial charge on any atom is -0.432 e. The zero-order chi connectivity index (χ0) is 23.9. The molecule has 1 atom stereocenters. The first kappa shape index (κ1) is 25.3. The van der Waals surface area contributed by atoms with Gasteiger partial charge in [-0.05, 0) is 24.6 Å². The van der Waals surface area contributed by atoms with Crippen LogP contribution in [-0.4, -0.2) is 42.5 Å². The minimum atomic E-state index is -2.43. The molecule has 0 unspecified atom stereocenters. The molecule has 1 aromatic carbocycles. The Labute approximate surface area is 189 Å². The number of carbonyl (C=O) groups is 3. The van der Waals surface area contributed by atoms with Crippen LogP contribution >= 0.6 is 0 Å². The summed E-state index contributed by atoms with van der Waals surface area (Å²) in [5.74, 6) is -1.13. The van der Waals surface area contributed by atoms with E-state index in [1.54, 1.807) is 6.92 Å². The van der Waals surface area contributed by atoms with Crippen molar-refractivity contribution in [2.45, 2.75) is 51.7 Å². The maximum Gasteiger partial charge on any atom is 0.273 e. The molecule has 0 radical (unpaired) electrons. The van der Waals surface area contributed by atoms with E-state index in [0.717, 1.165) is 5.56 Å². The van der Waals surface area contributed by atoms with Gasteiger partial charge in [0.2, 0.25) is 11.8 Å². The van der Waals surface area contributed by atoms with Crippen molar-refractivity contribution >= 4 is 26.0 Å². The Kier molecular flexibility index (Phi) is 8.34. The molecule has 0 fully saturated rings. The SMILES string of the molecule is C[C@@H](CC(C)(C)[Si](C)(C)O)C(=O)NNC(=O)CCNC(=O)c1cc(-c2ccccc2)on1. The highest BCUT2D eigenvalue weighted by Gasteiger charge is 2.40. The molecule has 0 bridgehead atoms. The van der Waals surface area contributed by atoms with Gasteiger partial charge in [0.05, 0.1) is 0 Å². The fraction of sp³-hybridized carbons (Fsp3) is 0.455. The number of aromatic nitrogens is 1. The summed E-state index contributed by atoms with van der Waals surface area (Å²) in [4.78, 5) is 46.8. The van der Waals surface area contributed by atoms with Crippen molar-refractivity contribution in [3.63, 3.8) is 0 Å². The summed E-state index contributed by atoms with van der Waals surface area (Å²) in [6.07, 6.45) is 0.481. The Morgan fingerprint density at radius 2 is 1.81 bits per heavy atom. The van der Waals surface area contributed by atoms with Gasteiger partial charge in [0.15, 0.2) is 19.8 Å². The topological polar surface area (TPSA) is 134 Å². The molecule has 0 aliphatic heterocycles. The molecule has 1 aromatic heterocycles. The lowest BCUT2D eigenvalue weighted by Crippen LogP contribution is -2.47. The molecule has 32 heavy (non-hydrogen) atoms. The van der Waals surface area contributed by atoms with Gasteiger partial charge in [-0.25, -0.2) is 0 Å². The lowest BCUT2D eigenvalue weighted by Gasteiger charge is -2.36. The van der Waals surface area contributed by atoms with Crippen molar-refractivity contribution in [1.29, 1.82) is 0 Å². The smallest absolute Gasteiger partial charge is 0.273 e. The van der Waals surface area contributed by atoms with E-state index in [0.29, 0.717) is 12.2 Å². The van der Waals surface area contributed by atoms with E-state index in [9.17, 15) is 19.2 Å². The van der Waals surface area contributed by atoms with E-state index >= 15 is 0 Å². The van der Waals surface area contributed by atoms with Gasteiger partial charge in [0.1, 0.15) is 0 Å². The summed E-state index contributed by atoms with van der Waals surface area (Å²) in [5, 5.41) is 6.00. The fourth-order valence-corrected chi connectivity index (χ4v) is 3.73. The van der Waals surface area contributed by atoms with E-state index < -0.39 is 20.1 Å². The van der Waals surface area contributed by atoms with Crippen molar-refractivity contribution in [2.75, 3.05) is 6.54 Å². The van der Waals surface area contributed by atoms with Gasteiger partial charge in [-0.2, -0.15) is 0 Å². The molecular formula is C22H32N4O5Si. The van der Waals surface area contributed by atoms with Crippen LogP contribution in [0.15, 0.2) is 40.9 Å². The number of carbonyl (C=O) groups excluding carboxylic acids is 3. The van der Waals surface area contributed by atoms with Crippen LogP contribution in [0.5, 0.6) is 0 Å². The minimum absolute atomic E-state index is 0.0220. The summed E-state index contributed by atoms with van der Waals surface area (Å²) in [6.45, 7) is 9.40. The van der Waals surface area contributed by atoms with Crippen LogP contribution < -0.4 is 16.2 Å². The van der Waals surface area contributed by atoms with Crippen LogP contribution in [0, 0.1) is 5.92 Å². The van der Waals surface area contributed by atoms with Gasteiger partial charge in [0, 0.05) is 30.5 Å². The lowest BCUT2D eigenvalue weighted by atomic mass is 9.97. The predicted octanol–water partition coefficient (Wildman–Crippen LogP) is 2.61. The molecule has 0 saturated carbocycles. The monoisotopic (exact) mass is 460 g/mol. The van der Waals surface area contributed by atoms with Crippen molar-refractivity contribution in [2.24, 2.45) is 5.92 Å². The first-order chi connectivity index (χ1) is 14.9. The van der Waals surface area contributed by atoms with Crippen molar-refractivity contribution in [3.8, 4) is 11.3 Å². The number of nitrogens with one attached hydrogen (secondary N) is 3. The molecule has 0 aliphatic rings. The first-order valence-electron chi connectivity index (χ1n) is 10.5. The first-order valence-corrected chi connectivity index (χ1v) is 13.5. The number of hydrogen-bond donors (Lipinski definition) is 4. The molecular weight excluding hydrogens is 428 g/mol. The van der Waals surface area contributed by atoms with E-state index in [1.807, 2.05) is 57.3 Å². The van der Waals surface area contributed by atoms with Gasteiger partial charge in [0.25, 0.3) is 5.91 Å². The van der Waals surface area contributed by atoms with Crippen LogP contribution in [0.3, 0.4) is 0 Å². The standard InChI is InChI=1S/C22H32N4O5Si/c1-15(14-22(2,3)32(4,5)30)20(28)25-24-19(27)11-12-23-21(29)17-13-18(31-26-17)16-9-7-6-8-10-16/h6-10,13,15,30H,11-12,14H2,1-5H3,(H,23,29)(H,24,27)(H,25,28)/t15-/m0/s1. The number of benzene rings is 1. The molecule has 10 heteroatoms. The Morgan fingerprint density at radius 1 is 1.16 bits per heavy atom. The largest absolute Gasteiger partial charge is 0.432 e. The van der Waals surface area contributed by atoms with Crippen LogP contribution in [0.2, 0.25) is 18.1 Å². The summed E-state index contributed by atoms with van der Waals surface area (Å²) >= 11 is 0. The summed E-state index contributed by atoms with van der Waals surface area (Å²) < 4.78 is 5.19. The van der Waals surface area contributed by atoms with Gasteiger partial charge < -0.3 is 14.6 Å². The van der Waals surface area contributed by atoms with E-state index in [4.69, 9.17) is 4.52 Å². The quantitative estimate of drug-likeness (QED) is 0.336. The molecule has 1 heterocycles. The van der Waals surface area contributed by atoms with E-state index in [-0.39, 0.29) is 35.5 Å². The zero-order valence-electron chi connectivity index (χ0n) is 19.2. The van der Waals surface area contributed by atoms with Crippen LogP contribution in [0.1, 0.15) is 44.1 Å². The predicted molar refractivity (Wildman–Crippen MR) is 123 cm³/mol. The number of amides is 3. The van der Waals surface area contributed by atoms with Gasteiger partial charge in [-0.15, -0.1) is 0 Å². The lowest BCUT2D eigenvalue weighted by molar-refractivity contribution is -0.131. The number of hydrazine groups is 1.